The van der Waals surface area contributed by atoms with Crippen LogP contribution in [0.1, 0.15) is 16.1 Å². The molecule has 1 saturated heterocycles. The number of piperazine rings is 1. The van der Waals surface area contributed by atoms with Crippen molar-refractivity contribution in [2.75, 3.05) is 40.4 Å². The molecule has 2 aromatic rings. The van der Waals surface area contributed by atoms with E-state index in [4.69, 9.17) is 9.47 Å². The van der Waals surface area contributed by atoms with Crippen LogP contribution in [0.15, 0.2) is 36.8 Å². The van der Waals surface area contributed by atoms with Gasteiger partial charge in [-0.3, -0.25) is 14.6 Å². The molecular formula is C19H22N4O4. The van der Waals surface area contributed by atoms with Gasteiger partial charge in [0.1, 0.15) is 17.2 Å². The Kier molecular flexibility index (Phi) is 5.85. The van der Waals surface area contributed by atoms with Gasteiger partial charge in [-0.25, -0.2) is 4.98 Å². The van der Waals surface area contributed by atoms with Crippen molar-refractivity contribution < 1.29 is 19.1 Å². The zero-order valence-electron chi connectivity index (χ0n) is 15.4. The van der Waals surface area contributed by atoms with Crippen LogP contribution < -0.4 is 9.47 Å². The second-order valence-corrected chi connectivity index (χ2v) is 6.12. The van der Waals surface area contributed by atoms with Gasteiger partial charge in [-0.1, -0.05) is 6.07 Å². The van der Waals surface area contributed by atoms with Gasteiger partial charge in [-0.15, -0.1) is 0 Å². The summed E-state index contributed by atoms with van der Waals surface area (Å²) in [5, 5.41) is 0. The SMILES string of the molecule is COc1ccc(CC(=O)N2CCN(C(=O)c3cnccn3)CC2)c(OC)c1. The molecule has 0 aliphatic carbocycles. The standard InChI is InChI=1S/C19H22N4O4/c1-26-15-4-3-14(17(12-15)27-2)11-18(24)22-7-9-23(10-8-22)19(25)16-13-20-5-6-21-16/h3-6,12-13H,7-11H2,1-2H3. The molecule has 1 aromatic carbocycles. The summed E-state index contributed by atoms with van der Waals surface area (Å²) >= 11 is 0. The van der Waals surface area contributed by atoms with Crippen molar-refractivity contribution in [2.24, 2.45) is 0 Å². The van der Waals surface area contributed by atoms with E-state index in [9.17, 15) is 9.59 Å². The van der Waals surface area contributed by atoms with Crippen LogP contribution >= 0.6 is 0 Å². The van der Waals surface area contributed by atoms with E-state index in [1.807, 2.05) is 12.1 Å². The normalized spacial score (nSPS) is 14.0. The van der Waals surface area contributed by atoms with Gasteiger partial charge < -0.3 is 19.3 Å². The molecule has 0 unspecified atom stereocenters. The molecule has 1 aromatic heterocycles. The van der Waals surface area contributed by atoms with E-state index in [1.165, 1.54) is 18.6 Å². The van der Waals surface area contributed by atoms with Crippen LogP contribution in [0.25, 0.3) is 0 Å². The quantitative estimate of drug-likeness (QED) is 0.781. The summed E-state index contributed by atoms with van der Waals surface area (Å²) in [6.07, 6.45) is 4.72. The number of carbonyl (C=O) groups excluding carboxylic acids is 2. The van der Waals surface area contributed by atoms with Gasteiger partial charge in [0.2, 0.25) is 5.91 Å². The maximum absolute atomic E-state index is 12.6. The summed E-state index contributed by atoms with van der Waals surface area (Å²) in [7, 11) is 3.15. The lowest BCUT2D eigenvalue weighted by Crippen LogP contribution is -2.51. The van der Waals surface area contributed by atoms with Crippen molar-refractivity contribution in [3.8, 4) is 11.5 Å². The monoisotopic (exact) mass is 370 g/mol. The van der Waals surface area contributed by atoms with Gasteiger partial charge in [0.05, 0.1) is 26.8 Å². The highest BCUT2D eigenvalue weighted by Crippen LogP contribution is 2.25. The van der Waals surface area contributed by atoms with Gasteiger partial charge in [0, 0.05) is 50.2 Å². The maximum Gasteiger partial charge on any atom is 0.274 e. The van der Waals surface area contributed by atoms with E-state index < -0.39 is 0 Å². The summed E-state index contributed by atoms with van der Waals surface area (Å²) in [5.41, 5.74) is 1.13. The highest BCUT2D eigenvalue weighted by molar-refractivity contribution is 5.92. The smallest absolute Gasteiger partial charge is 0.274 e. The average molecular weight is 370 g/mol. The van der Waals surface area contributed by atoms with Crippen LogP contribution in [0.4, 0.5) is 0 Å². The Morgan fingerprint density at radius 2 is 1.78 bits per heavy atom. The van der Waals surface area contributed by atoms with Crippen LogP contribution in [0, 0.1) is 0 Å². The highest BCUT2D eigenvalue weighted by Gasteiger charge is 2.26. The molecule has 3 rings (SSSR count). The van der Waals surface area contributed by atoms with Crippen molar-refractivity contribution in [2.45, 2.75) is 6.42 Å². The maximum atomic E-state index is 12.6. The third kappa shape index (κ3) is 4.33. The molecule has 0 saturated carbocycles. The number of amides is 2. The lowest BCUT2D eigenvalue weighted by atomic mass is 10.1. The zero-order valence-corrected chi connectivity index (χ0v) is 15.4. The molecule has 1 fully saturated rings. The Morgan fingerprint density at radius 3 is 2.41 bits per heavy atom. The van der Waals surface area contributed by atoms with Crippen LogP contribution in [0.5, 0.6) is 11.5 Å². The minimum absolute atomic E-state index is 0.00469. The van der Waals surface area contributed by atoms with Gasteiger partial charge in [0.25, 0.3) is 5.91 Å². The molecule has 8 heteroatoms. The molecule has 2 amide bonds. The van der Waals surface area contributed by atoms with E-state index in [0.29, 0.717) is 43.4 Å². The lowest BCUT2D eigenvalue weighted by molar-refractivity contribution is -0.131. The second-order valence-electron chi connectivity index (χ2n) is 6.12. The Morgan fingerprint density at radius 1 is 1.04 bits per heavy atom. The number of methoxy groups -OCH3 is 2. The number of hydrogen-bond donors (Lipinski definition) is 0. The fraction of sp³-hybridized carbons (Fsp3) is 0.368. The number of aromatic nitrogens is 2. The molecule has 0 bridgehead atoms. The first-order valence-electron chi connectivity index (χ1n) is 8.66. The summed E-state index contributed by atoms with van der Waals surface area (Å²) < 4.78 is 10.5. The van der Waals surface area contributed by atoms with Crippen molar-refractivity contribution >= 4 is 11.8 Å². The van der Waals surface area contributed by atoms with E-state index in [0.717, 1.165) is 5.56 Å². The predicted octanol–water partition coefficient (Wildman–Crippen LogP) is 1.02. The molecule has 8 nitrogen and oxygen atoms in total. The Labute approximate surface area is 157 Å². The summed E-state index contributed by atoms with van der Waals surface area (Å²) in [4.78, 5) is 36.5. The van der Waals surface area contributed by atoms with E-state index >= 15 is 0 Å². The zero-order chi connectivity index (χ0) is 19.2. The average Bonchev–Trinajstić information content (AvgIpc) is 2.74. The third-order valence-electron chi connectivity index (χ3n) is 4.54. The number of ether oxygens (including phenoxy) is 2. The number of nitrogens with zero attached hydrogens (tertiary/aromatic N) is 4. The van der Waals surface area contributed by atoms with E-state index in [2.05, 4.69) is 9.97 Å². The van der Waals surface area contributed by atoms with Gasteiger partial charge >= 0.3 is 0 Å². The molecule has 0 N–H and O–H groups in total. The summed E-state index contributed by atoms with van der Waals surface area (Å²) in [6.45, 7) is 1.93. The van der Waals surface area contributed by atoms with Crippen LogP contribution in [0.3, 0.4) is 0 Å². The van der Waals surface area contributed by atoms with Crippen molar-refractivity contribution in [3.05, 3.63) is 48.0 Å². The predicted molar refractivity (Wildman–Crippen MR) is 97.8 cm³/mol. The molecule has 27 heavy (non-hydrogen) atoms. The Hall–Kier alpha value is -3.16. The molecule has 0 atom stereocenters. The lowest BCUT2D eigenvalue weighted by Gasteiger charge is -2.34. The molecule has 0 radical (unpaired) electrons. The number of carbonyl (C=O) groups is 2. The van der Waals surface area contributed by atoms with Crippen molar-refractivity contribution in [1.29, 1.82) is 0 Å². The van der Waals surface area contributed by atoms with Gasteiger partial charge in [-0.05, 0) is 6.07 Å². The molecule has 142 valence electrons. The molecule has 1 aliphatic rings. The number of hydrogen-bond acceptors (Lipinski definition) is 6. The molecule has 0 spiro atoms. The highest BCUT2D eigenvalue weighted by atomic mass is 16.5. The van der Waals surface area contributed by atoms with Crippen LogP contribution in [0.2, 0.25) is 0 Å². The summed E-state index contributed by atoms with van der Waals surface area (Å²) in [6, 6.07) is 5.41. The van der Waals surface area contributed by atoms with E-state index in [-0.39, 0.29) is 18.2 Å². The topological polar surface area (TPSA) is 84.9 Å². The first-order valence-corrected chi connectivity index (χ1v) is 8.66. The molecule has 1 aliphatic heterocycles. The first-order chi connectivity index (χ1) is 13.1. The van der Waals surface area contributed by atoms with Crippen LogP contribution in [-0.2, 0) is 11.2 Å². The number of rotatable bonds is 5. The Bertz CT molecular complexity index is 805. The Balaban J connectivity index is 1.58. The molecule has 2 heterocycles. The minimum Gasteiger partial charge on any atom is -0.497 e. The minimum atomic E-state index is -0.160. The first kappa shape index (κ1) is 18.6. The number of benzene rings is 1. The summed E-state index contributed by atoms with van der Waals surface area (Å²) in [5.74, 6) is 1.15. The van der Waals surface area contributed by atoms with E-state index in [1.54, 1.807) is 30.1 Å². The van der Waals surface area contributed by atoms with Gasteiger partial charge in [0.15, 0.2) is 0 Å². The van der Waals surface area contributed by atoms with Crippen LogP contribution in [-0.4, -0.2) is 72.0 Å². The fourth-order valence-electron chi connectivity index (χ4n) is 3.00. The largest absolute Gasteiger partial charge is 0.497 e. The second kappa shape index (κ2) is 8.48. The molecular weight excluding hydrogens is 348 g/mol. The third-order valence-corrected chi connectivity index (χ3v) is 4.54. The fourth-order valence-corrected chi connectivity index (χ4v) is 3.00. The van der Waals surface area contributed by atoms with Crippen molar-refractivity contribution in [1.82, 2.24) is 19.8 Å². The van der Waals surface area contributed by atoms with Gasteiger partial charge in [-0.2, -0.15) is 0 Å². The van der Waals surface area contributed by atoms with Crippen molar-refractivity contribution in [3.63, 3.8) is 0 Å².